The standard InChI is InChI=1S/C24H35NO4S/c1-16(2)13-18-15-28-24(29-18)11-7-17(8-12-24)25-20-14-19(9-10-23(3,4)5)30-21(20)22(26)27-6/h14,16-18,25H,7-8,11-13,15H2,1-6H3. The maximum absolute atomic E-state index is 12.3. The van der Waals surface area contributed by atoms with Gasteiger partial charge in [-0.3, -0.25) is 0 Å². The van der Waals surface area contributed by atoms with Crippen LogP contribution < -0.4 is 5.32 Å². The van der Waals surface area contributed by atoms with Crippen LogP contribution in [0.4, 0.5) is 5.69 Å². The number of ether oxygens (including phenoxy) is 3. The van der Waals surface area contributed by atoms with E-state index >= 15 is 0 Å². The predicted octanol–water partition coefficient (Wildman–Crippen LogP) is 5.44. The Hall–Kier alpha value is -1.55. The normalized spacial score (nSPS) is 26.5. The number of nitrogens with one attached hydrogen (secondary N) is 1. The maximum atomic E-state index is 12.3. The SMILES string of the molecule is COC(=O)c1sc(C#CC(C)(C)C)cc1NC1CCC2(CC1)OCC(CC(C)C)O2. The van der Waals surface area contributed by atoms with E-state index < -0.39 is 5.79 Å². The first-order chi connectivity index (χ1) is 14.1. The van der Waals surface area contributed by atoms with Crippen LogP contribution in [-0.2, 0) is 14.2 Å². The van der Waals surface area contributed by atoms with Crippen LogP contribution in [0.3, 0.4) is 0 Å². The molecule has 30 heavy (non-hydrogen) atoms. The van der Waals surface area contributed by atoms with Gasteiger partial charge in [-0.15, -0.1) is 11.3 Å². The van der Waals surface area contributed by atoms with Crippen molar-refractivity contribution >= 4 is 23.0 Å². The summed E-state index contributed by atoms with van der Waals surface area (Å²) in [6.07, 6.45) is 4.86. The average molecular weight is 434 g/mol. The molecule has 1 saturated heterocycles. The van der Waals surface area contributed by atoms with Gasteiger partial charge in [0.25, 0.3) is 0 Å². The van der Waals surface area contributed by atoms with E-state index in [2.05, 4.69) is 51.8 Å². The first kappa shape index (κ1) is 23.1. The number of thiophene rings is 1. The van der Waals surface area contributed by atoms with Gasteiger partial charge in [0.2, 0.25) is 0 Å². The first-order valence-corrected chi connectivity index (χ1v) is 11.7. The molecule has 2 fully saturated rings. The molecule has 0 radical (unpaired) electrons. The summed E-state index contributed by atoms with van der Waals surface area (Å²) in [5.74, 6) is 6.31. The number of methoxy groups -OCH3 is 1. The minimum absolute atomic E-state index is 0.0879. The van der Waals surface area contributed by atoms with Crippen molar-refractivity contribution in [2.24, 2.45) is 11.3 Å². The number of rotatable bonds is 5. The third kappa shape index (κ3) is 6.00. The molecule has 1 aromatic rings. The molecule has 2 aliphatic rings. The molecule has 1 atom stereocenters. The van der Waals surface area contributed by atoms with Crippen molar-refractivity contribution in [1.82, 2.24) is 0 Å². The van der Waals surface area contributed by atoms with Crippen LogP contribution in [-0.4, -0.2) is 37.6 Å². The van der Waals surface area contributed by atoms with Crippen LogP contribution in [0.1, 0.15) is 81.3 Å². The molecule has 1 aliphatic heterocycles. The zero-order valence-corrected chi connectivity index (χ0v) is 19.9. The fraction of sp³-hybridized carbons (Fsp3) is 0.708. The van der Waals surface area contributed by atoms with E-state index in [4.69, 9.17) is 14.2 Å². The van der Waals surface area contributed by atoms with Crippen LogP contribution in [0, 0.1) is 23.2 Å². The molecule has 1 saturated carbocycles. The van der Waals surface area contributed by atoms with E-state index in [0.717, 1.165) is 42.7 Å². The summed E-state index contributed by atoms with van der Waals surface area (Å²) < 4.78 is 17.4. The van der Waals surface area contributed by atoms with Crippen molar-refractivity contribution in [2.75, 3.05) is 19.0 Å². The summed E-state index contributed by atoms with van der Waals surface area (Å²) in [5.41, 5.74) is 0.729. The van der Waals surface area contributed by atoms with Gasteiger partial charge in [0.05, 0.1) is 30.4 Å². The number of carbonyl (C=O) groups is 1. The molecule has 3 rings (SSSR count). The van der Waals surface area contributed by atoms with Gasteiger partial charge in [-0.05, 0) is 52.0 Å². The van der Waals surface area contributed by atoms with Crippen molar-refractivity contribution in [3.05, 3.63) is 15.8 Å². The van der Waals surface area contributed by atoms with E-state index in [1.54, 1.807) is 0 Å². The van der Waals surface area contributed by atoms with Gasteiger partial charge in [0, 0.05) is 24.3 Å². The summed E-state index contributed by atoms with van der Waals surface area (Å²) in [5, 5.41) is 3.56. The summed E-state index contributed by atoms with van der Waals surface area (Å²) in [6, 6.07) is 2.25. The molecule has 0 amide bonds. The molecule has 0 aromatic carbocycles. The van der Waals surface area contributed by atoms with Crippen LogP contribution in [0.25, 0.3) is 0 Å². The molecular weight excluding hydrogens is 398 g/mol. The van der Waals surface area contributed by atoms with Crippen molar-refractivity contribution < 1.29 is 19.0 Å². The van der Waals surface area contributed by atoms with E-state index in [1.807, 2.05) is 6.07 Å². The Bertz CT molecular complexity index is 803. The zero-order chi connectivity index (χ0) is 21.9. The van der Waals surface area contributed by atoms with Gasteiger partial charge in [-0.25, -0.2) is 4.79 Å². The molecule has 1 N–H and O–H groups in total. The van der Waals surface area contributed by atoms with Crippen LogP contribution in [0.2, 0.25) is 0 Å². The lowest BCUT2D eigenvalue weighted by atomic mass is 9.90. The average Bonchev–Trinajstić information content (AvgIpc) is 3.25. The molecule has 1 spiro atoms. The van der Waals surface area contributed by atoms with Gasteiger partial charge in [0.1, 0.15) is 4.88 Å². The second-order valence-corrected chi connectivity index (χ2v) is 10.9. The molecule has 2 heterocycles. The summed E-state index contributed by atoms with van der Waals surface area (Å²) in [4.78, 5) is 13.7. The van der Waals surface area contributed by atoms with Crippen molar-refractivity contribution in [1.29, 1.82) is 0 Å². The highest BCUT2D eigenvalue weighted by Gasteiger charge is 2.44. The summed E-state index contributed by atoms with van der Waals surface area (Å²) in [7, 11) is 1.42. The Balaban J connectivity index is 1.65. The van der Waals surface area contributed by atoms with Crippen molar-refractivity contribution in [3.63, 3.8) is 0 Å². The highest BCUT2D eigenvalue weighted by Crippen LogP contribution is 2.40. The molecule has 1 unspecified atom stereocenters. The fourth-order valence-electron chi connectivity index (χ4n) is 4.00. The van der Waals surface area contributed by atoms with E-state index in [-0.39, 0.29) is 23.5 Å². The monoisotopic (exact) mass is 433 g/mol. The fourth-order valence-corrected chi connectivity index (χ4v) is 4.89. The van der Waals surface area contributed by atoms with E-state index in [1.165, 1.54) is 18.4 Å². The van der Waals surface area contributed by atoms with E-state index in [0.29, 0.717) is 17.4 Å². The Labute approximate surface area is 184 Å². The highest BCUT2D eigenvalue weighted by molar-refractivity contribution is 7.15. The second kappa shape index (κ2) is 9.30. The first-order valence-electron chi connectivity index (χ1n) is 10.9. The molecule has 6 heteroatoms. The lowest BCUT2D eigenvalue weighted by Gasteiger charge is -2.36. The Morgan fingerprint density at radius 1 is 1.37 bits per heavy atom. The zero-order valence-electron chi connectivity index (χ0n) is 19.1. The predicted molar refractivity (Wildman–Crippen MR) is 121 cm³/mol. The number of hydrogen-bond acceptors (Lipinski definition) is 6. The number of esters is 1. The van der Waals surface area contributed by atoms with Gasteiger partial charge >= 0.3 is 5.97 Å². The molecule has 1 aliphatic carbocycles. The lowest BCUT2D eigenvalue weighted by molar-refractivity contribution is -0.189. The smallest absolute Gasteiger partial charge is 0.350 e. The quantitative estimate of drug-likeness (QED) is 0.495. The third-order valence-corrected chi connectivity index (χ3v) is 6.45. The van der Waals surface area contributed by atoms with Crippen molar-refractivity contribution in [2.45, 2.75) is 84.7 Å². The molecular formula is C24H35NO4S. The molecule has 1 aromatic heterocycles. The van der Waals surface area contributed by atoms with Gasteiger partial charge in [0.15, 0.2) is 5.79 Å². The minimum atomic E-state index is -0.416. The van der Waals surface area contributed by atoms with Crippen LogP contribution >= 0.6 is 11.3 Å². The Kier molecular flexibility index (Phi) is 7.16. The molecule has 5 nitrogen and oxygen atoms in total. The van der Waals surface area contributed by atoms with Crippen molar-refractivity contribution in [3.8, 4) is 11.8 Å². The highest BCUT2D eigenvalue weighted by atomic mass is 32.1. The number of anilines is 1. The van der Waals surface area contributed by atoms with Gasteiger partial charge in [-0.1, -0.05) is 25.7 Å². The van der Waals surface area contributed by atoms with Gasteiger partial charge < -0.3 is 19.5 Å². The lowest BCUT2D eigenvalue weighted by Crippen LogP contribution is -2.39. The summed E-state index contributed by atoms with van der Waals surface area (Å²) >= 11 is 1.39. The maximum Gasteiger partial charge on any atom is 0.350 e. The number of hydrogen-bond donors (Lipinski definition) is 1. The third-order valence-electron chi connectivity index (χ3n) is 5.42. The van der Waals surface area contributed by atoms with Crippen LogP contribution in [0.5, 0.6) is 0 Å². The molecule has 166 valence electrons. The number of carbonyl (C=O) groups excluding carboxylic acids is 1. The topological polar surface area (TPSA) is 56.8 Å². The Morgan fingerprint density at radius 3 is 2.67 bits per heavy atom. The van der Waals surface area contributed by atoms with Crippen LogP contribution in [0.15, 0.2) is 6.07 Å². The molecule has 0 bridgehead atoms. The summed E-state index contributed by atoms with van der Waals surface area (Å²) in [6.45, 7) is 11.4. The van der Waals surface area contributed by atoms with Gasteiger partial charge in [-0.2, -0.15) is 0 Å². The minimum Gasteiger partial charge on any atom is -0.465 e. The van der Waals surface area contributed by atoms with E-state index in [9.17, 15) is 4.79 Å². The second-order valence-electron chi connectivity index (χ2n) is 9.85. The Morgan fingerprint density at radius 2 is 2.07 bits per heavy atom. The largest absolute Gasteiger partial charge is 0.465 e.